The molecule has 1 N–H and O–H groups in total. The maximum absolute atomic E-state index is 9.87. The molecule has 0 spiro atoms. The van der Waals surface area contributed by atoms with E-state index in [9.17, 15) is 5.11 Å². The molecule has 17 heavy (non-hydrogen) atoms. The number of aliphatic hydroxyl groups excluding tert-OH is 1. The molecule has 0 radical (unpaired) electrons. The quantitative estimate of drug-likeness (QED) is 0.808. The van der Waals surface area contributed by atoms with Crippen molar-refractivity contribution in [1.29, 1.82) is 0 Å². The van der Waals surface area contributed by atoms with Crippen LogP contribution >= 0.6 is 0 Å². The molecule has 0 aromatic rings. The van der Waals surface area contributed by atoms with Crippen LogP contribution in [0.2, 0.25) is 0 Å². The molecule has 2 unspecified atom stereocenters. The number of hydrogen-bond donors (Lipinski definition) is 1. The van der Waals surface area contributed by atoms with Crippen LogP contribution in [0.5, 0.6) is 0 Å². The molecule has 1 aliphatic heterocycles. The Morgan fingerprint density at radius 1 is 1.35 bits per heavy atom. The van der Waals surface area contributed by atoms with Gasteiger partial charge in [0.25, 0.3) is 0 Å². The van der Waals surface area contributed by atoms with E-state index in [2.05, 4.69) is 37.7 Å². The Bertz CT molecular complexity index is 261. The van der Waals surface area contributed by atoms with E-state index in [1.807, 2.05) is 0 Å². The topological polar surface area (TPSA) is 26.7 Å². The van der Waals surface area contributed by atoms with Gasteiger partial charge in [0.15, 0.2) is 0 Å². The standard InChI is InChI=1S/C14H28N2O/c1-14(2)6-5-12(17)7-13(14)16(4)10-11-8-15(3)9-11/h11-13,17H,5-10H2,1-4H3. The van der Waals surface area contributed by atoms with Gasteiger partial charge in [0, 0.05) is 25.7 Å². The summed E-state index contributed by atoms with van der Waals surface area (Å²) in [5.41, 5.74) is 0.351. The van der Waals surface area contributed by atoms with Crippen LogP contribution in [-0.2, 0) is 0 Å². The van der Waals surface area contributed by atoms with E-state index < -0.39 is 0 Å². The summed E-state index contributed by atoms with van der Waals surface area (Å²) in [5, 5.41) is 9.87. The maximum Gasteiger partial charge on any atom is 0.0555 e. The number of hydrogen-bond acceptors (Lipinski definition) is 3. The zero-order valence-corrected chi connectivity index (χ0v) is 11.8. The van der Waals surface area contributed by atoms with Crippen LogP contribution in [0.25, 0.3) is 0 Å². The SMILES string of the molecule is CN1CC(CN(C)C2CC(O)CCC2(C)C)C1. The van der Waals surface area contributed by atoms with Gasteiger partial charge in [0.2, 0.25) is 0 Å². The second-order valence-corrected chi connectivity index (χ2v) is 6.96. The first-order valence-corrected chi connectivity index (χ1v) is 6.95. The summed E-state index contributed by atoms with van der Waals surface area (Å²) in [6.07, 6.45) is 2.99. The Morgan fingerprint density at radius 2 is 2.00 bits per heavy atom. The van der Waals surface area contributed by atoms with Crippen LogP contribution in [0.4, 0.5) is 0 Å². The van der Waals surface area contributed by atoms with E-state index in [1.54, 1.807) is 0 Å². The Hall–Kier alpha value is -0.120. The molecule has 2 aliphatic rings. The van der Waals surface area contributed by atoms with Gasteiger partial charge in [-0.1, -0.05) is 13.8 Å². The zero-order valence-electron chi connectivity index (χ0n) is 11.8. The lowest BCUT2D eigenvalue weighted by Gasteiger charge is -2.48. The molecule has 0 aromatic carbocycles. The Labute approximate surface area is 106 Å². The van der Waals surface area contributed by atoms with E-state index >= 15 is 0 Å². The number of likely N-dealkylation sites (tertiary alicyclic amines) is 1. The van der Waals surface area contributed by atoms with Gasteiger partial charge >= 0.3 is 0 Å². The summed E-state index contributed by atoms with van der Waals surface area (Å²) in [4.78, 5) is 4.87. The van der Waals surface area contributed by atoms with Crippen molar-refractivity contribution < 1.29 is 5.11 Å². The minimum atomic E-state index is -0.0838. The highest BCUT2D eigenvalue weighted by molar-refractivity contribution is 4.93. The van der Waals surface area contributed by atoms with Crippen molar-refractivity contribution in [2.24, 2.45) is 11.3 Å². The van der Waals surface area contributed by atoms with Gasteiger partial charge in [-0.25, -0.2) is 0 Å². The summed E-state index contributed by atoms with van der Waals surface area (Å²) in [6.45, 7) is 8.37. The predicted octanol–water partition coefficient (Wildman–Crippen LogP) is 1.42. The van der Waals surface area contributed by atoms with Gasteiger partial charge in [-0.3, -0.25) is 0 Å². The van der Waals surface area contributed by atoms with E-state index in [0.717, 1.165) is 25.2 Å². The first kappa shape index (κ1) is 13.3. The molecule has 3 nitrogen and oxygen atoms in total. The monoisotopic (exact) mass is 240 g/mol. The highest BCUT2D eigenvalue weighted by Crippen LogP contribution is 2.38. The van der Waals surface area contributed by atoms with Gasteiger partial charge in [-0.2, -0.15) is 0 Å². The minimum Gasteiger partial charge on any atom is -0.393 e. The van der Waals surface area contributed by atoms with Gasteiger partial charge in [0.1, 0.15) is 0 Å². The fraction of sp³-hybridized carbons (Fsp3) is 1.00. The molecule has 0 bridgehead atoms. The third kappa shape index (κ3) is 3.01. The Morgan fingerprint density at radius 3 is 2.59 bits per heavy atom. The van der Waals surface area contributed by atoms with Crippen LogP contribution in [0, 0.1) is 11.3 Å². The average Bonchev–Trinajstić information content (AvgIpc) is 2.19. The van der Waals surface area contributed by atoms with Crippen LogP contribution in [0.1, 0.15) is 33.1 Å². The van der Waals surface area contributed by atoms with Crippen LogP contribution in [0.3, 0.4) is 0 Å². The van der Waals surface area contributed by atoms with E-state index in [1.165, 1.54) is 19.6 Å². The van der Waals surface area contributed by atoms with E-state index in [4.69, 9.17) is 0 Å². The Kier molecular flexibility index (Phi) is 3.81. The Balaban J connectivity index is 1.89. The van der Waals surface area contributed by atoms with Crippen molar-refractivity contribution in [3.05, 3.63) is 0 Å². The number of rotatable bonds is 3. The van der Waals surface area contributed by atoms with Gasteiger partial charge < -0.3 is 14.9 Å². The highest BCUT2D eigenvalue weighted by atomic mass is 16.3. The van der Waals surface area contributed by atoms with Crippen LogP contribution in [0.15, 0.2) is 0 Å². The minimum absolute atomic E-state index is 0.0838. The molecular weight excluding hydrogens is 212 g/mol. The lowest BCUT2D eigenvalue weighted by molar-refractivity contribution is -0.0177. The van der Waals surface area contributed by atoms with Crippen molar-refractivity contribution in [3.8, 4) is 0 Å². The molecule has 3 heteroatoms. The molecule has 1 saturated carbocycles. The molecule has 1 saturated heterocycles. The van der Waals surface area contributed by atoms with Crippen molar-refractivity contribution in [2.45, 2.75) is 45.3 Å². The largest absolute Gasteiger partial charge is 0.393 e. The molecule has 1 aliphatic carbocycles. The second-order valence-electron chi connectivity index (χ2n) is 6.96. The molecule has 0 amide bonds. The van der Waals surface area contributed by atoms with E-state index in [0.29, 0.717) is 11.5 Å². The molecule has 1 heterocycles. The number of aliphatic hydroxyl groups is 1. The normalized spacial score (nSPS) is 34.9. The summed E-state index contributed by atoms with van der Waals surface area (Å²) in [6, 6.07) is 0.539. The lowest BCUT2D eigenvalue weighted by atomic mass is 9.71. The molecule has 0 aromatic heterocycles. The third-order valence-electron chi connectivity index (χ3n) is 4.74. The molecule has 2 atom stereocenters. The molecular formula is C14H28N2O. The van der Waals surface area contributed by atoms with Crippen molar-refractivity contribution in [1.82, 2.24) is 9.80 Å². The van der Waals surface area contributed by atoms with Crippen LogP contribution in [-0.4, -0.2) is 60.8 Å². The van der Waals surface area contributed by atoms with Gasteiger partial charge in [-0.15, -0.1) is 0 Å². The first-order valence-electron chi connectivity index (χ1n) is 6.95. The van der Waals surface area contributed by atoms with Crippen molar-refractivity contribution in [2.75, 3.05) is 33.7 Å². The maximum atomic E-state index is 9.87. The smallest absolute Gasteiger partial charge is 0.0555 e. The van der Waals surface area contributed by atoms with Crippen molar-refractivity contribution in [3.63, 3.8) is 0 Å². The summed E-state index contributed by atoms with van der Waals surface area (Å²) < 4.78 is 0. The van der Waals surface area contributed by atoms with Gasteiger partial charge in [0.05, 0.1) is 6.10 Å². The van der Waals surface area contributed by atoms with E-state index in [-0.39, 0.29) is 6.10 Å². The lowest BCUT2D eigenvalue weighted by Crippen LogP contribution is -2.54. The molecule has 100 valence electrons. The summed E-state index contributed by atoms with van der Waals surface area (Å²) in [5.74, 6) is 0.833. The summed E-state index contributed by atoms with van der Waals surface area (Å²) in [7, 11) is 4.42. The van der Waals surface area contributed by atoms with Crippen LogP contribution < -0.4 is 0 Å². The summed E-state index contributed by atoms with van der Waals surface area (Å²) >= 11 is 0. The fourth-order valence-corrected chi connectivity index (χ4v) is 3.65. The van der Waals surface area contributed by atoms with Gasteiger partial charge in [-0.05, 0) is 44.7 Å². The predicted molar refractivity (Wildman–Crippen MR) is 71.0 cm³/mol. The number of nitrogens with zero attached hydrogens (tertiary/aromatic N) is 2. The third-order valence-corrected chi connectivity index (χ3v) is 4.74. The van der Waals surface area contributed by atoms with Crippen molar-refractivity contribution >= 4 is 0 Å². The highest BCUT2D eigenvalue weighted by Gasteiger charge is 2.39. The molecule has 2 rings (SSSR count). The fourth-order valence-electron chi connectivity index (χ4n) is 3.65. The average molecular weight is 240 g/mol. The molecule has 2 fully saturated rings. The first-order chi connectivity index (χ1) is 7.88. The zero-order chi connectivity index (χ0) is 12.6. The second kappa shape index (κ2) is 4.87.